The van der Waals surface area contributed by atoms with Crippen LogP contribution in [0.2, 0.25) is 0 Å². The molecule has 2 rings (SSSR count). The molecule has 8 heteroatoms. The van der Waals surface area contributed by atoms with E-state index in [1.807, 2.05) is 6.07 Å². The quantitative estimate of drug-likeness (QED) is 0.484. The monoisotopic (exact) mass is 400 g/mol. The zero-order valence-electron chi connectivity index (χ0n) is 11.7. The summed E-state index contributed by atoms with van der Waals surface area (Å²) in [5.74, 6) is 0.495. The van der Waals surface area contributed by atoms with Gasteiger partial charge in [-0.1, -0.05) is 10.3 Å². The molecule has 110 valence electrons. The molecule has 7 nitrogen and oxygen atoms in total. The second kappa shape index (κ2) is 6.66. The first-order valence-electron chi connectivity index (χ1n) is 6.00. The van der Waals surface area contributed by atoms with Gasteiger partial charge in [0.25, 0.3) is 5.91 Å². The summed E-state index contributed by atoms with van der Waals surface area (Å²) in [6, 6.07) is 3.57. The maximum absolute atomic E-state index is 12.4. The number of carbonyl (C=O) groups excluding carboxylic acids is 1. The number of oxime groups is 1. The summed E-state index contributed by atoms with van der Waals surface area (Å²) in [4.78, 5) is 21.2. The summed E-state index contributed by atoms with van der Waals surface area (Å²) in [7, 11) is 1.42. The number of hydrogen-bond acceptors (Lipinski definition) is 6. The number of aromatic nitrogens is 2. The van der Waals surface area contributed by atoms with Gasteiger partial charge in [0, 0.05) is 9.77 Å². The fraction of sp³-hybridized carbons (Fsp3) is 0.231. The molecular formula is C13H13IN4O3. The number of amides is 1. The van der Waals surface area contributed by atoms with E-state index in [2.05, 4.69) is 43.2 Å². The first-order valence-corrected chi connectivity index (χ1v) is 7.08. The molecule has 1 amide bonds. The molecule has 0 aromatic carbocycles. The third kappa shape index (κ3) is 3.57. The molecule has 0 aliphatic heterocycles. The van der Waals surface area contributed by atoms with Crippen LogP contribution < -0.4 is 5.32 Å². The number of anilines is 1. The standard InChI is InChI=1S/C13H13IN4O3/c1-7(17-20-3)12-11(8(2)21-18-12)13(19)16-10-5-4-9(14)6-15-10/h4-6H,1-3H3,(H,15,16,19)/b17-7+. The van der Waals surface area contributed by atoms with Gasteiger partial charge in [0.1, 0.15) is 35.7 Å². The Balaban J connectivity index is 2.29. The van der Waals surface area contributed by atoms with Gasteiger partial charge in [-0.3, -0.25) is 4.79 Å². The van der Waals surface area contributed by atoms with Gasteiger partial charge >= 0.3 is 0 Å². The first kappa shape index (κ1) is 15.4. The van der Waals surface area contributed by atoms with Gasteiger partial charge in [0.15, 0.2) is 0 Å². The van der Waals surface area contributed by atoms with Crippen molar-refractivity contribution in [2.75, 3.05) is 12.4 Å². The minimum absolute atomic E-state index is 0.314. The van der Waals surface area contributed by atoms with Crippen LogP contribution in [0.1, 0.15) is 28.7 Å². The molecule has 1 N–H and O–H groups in total. The normalized spacial score (nSPS) is 11.3. The number of hydrogen-bond donors (Lipinski definition) is 1. The van der Waals surface area contributed by atoms with Crippen LogP contribution in [-0.2, 0) is 4.84 Å². The summed E-state index contributed by atoms with van der Waals surface area (Å²) in [6.07, 6.45) is 1.66. The molecule has 0 bridgehead atoms. The van der Waals surface area contributed by atoms with Gasteiger partial charge in [-0.15, -0.1) is 0 Å². The molecule has 0 radical (unpaired) electrons. The Kier molecular flexibility index (Phi) is 4.89. The zero-order valence-corrected chi connectivity index (χ0v) is 13.8. The number of rotatable bonds is 4. The lowest BCUT2D eigenvalue weighted by molar-refractivity contribution is 0.102. The highest BCUT2D eigenvalue weighted by molar-refractivity contribution is 14.1. The Morgan fingerprint density at radius 3 is 2.86 bits per heavy atom. The highest BCUT2D eigenvalue weighted by Crippen LogP contribution is 2.17. The predicted molar refractivity (Wildman–Crippen MR) is 85.4 cm³/mol. The van der Waals surface area contributed by atoms with Crippen LogP contribution in [0.3, 0.4) is 0 Å². The average Bonchev–Trinajstić information content (AvgIpc) is 2.83. The fourth-order valence-electron chi connectivity index (χ4n) is 1.70. The van der Waals surface area contributed by atoms with Crippen molar-refractivity contribution < 1.29 is 14.2 Å². The molecule has 0 saturated heterocycles. The molecule has 2 aromatic rings. The number of carbonyl (C=O) groups is 1. The van der Waals surface area contributed by atoms with E-state index in [1.54, 1.807) is 26.1 Å². The highest BCUT2D eigenvalue weighted by Gasteiger charge is 2.22. The molecule has 2 heterocycles. The van der Waals surface area contributed by atoms with Crippen LogP contribution in [0, 0.1) is 10.5 Å². The van der Waals surface area contributed by atoms with E-state index in [1.165, 1.54) is 7.11 Å². The maximum Gasteiger partial charge on any atom is 0.262 e. The smallest absolute Gasteiger partial charge is 0.262 e. The molecular weight excluding hydrogens is 387 g/mol. The summed E-state index contributed by atoms with van der Waals surface area (Å²) in [5, 5.41) is 10.3. The lowest BCUT2D eigenvalue weighted by Gasteiger charge is -2.04. The zero-order chi connectivity index (χ0) is 15.4. The Morgan fingerprint density at radius 1 is 1.48 bits per heavy atom. The van der Waals surface area contributed by atoms with Crippen molar-refractivity contribution in [3.63, 3.8) is 0 Å². The summed E-state index contributed by atoms with van der Waals surface area (Å²) >= 11 is 2.14. The Morgan fingerprint density at radius 2 is 2.24 bits per heavy atom. The van der Waals surface area contributed by atoms with Crippen molar-refractivity contribution in [1.82, 2.24) is 10.1 Å². The van der Waals surface area contributed by atoms with Gasteiger partial charge in [-0.05, 0) is 48.6 Å². The summed E-state index contributed by atoms with van der Waals surface area (Å²) < 4.78 is 6.05. The van der Waals surface area contributed by atoms with E-state index in [0.29, 0.717) is 28.5 Å². The molecule has 0 spiro atoms. The Hall–Kier alpha value is -1.97. The van der Waals surface area contributed by atoms with E-state index >= 15 is 0 Å². The van der Waals surface area contributed by atoms with Gasteiger partial charge in [0.05, 0.1) is 0 Å². The second-order valence-corrected chi connectivity index (χ2v) is 5.38. The van der Waals surface area contributed by atoms with Crippen LogP contribution in [0.5, 0.6) is 0 Å². The molecule has 0 fully saturated rings. The summed E-state index contributed by atoms with van der Waals surface area (Å²) in [6.45, 7) is 3.34. The number of aryl methyl sites for hydroxylation is 1. The minimum Gasteiger partial charge on any atom is -0.399 e. The molecule has 0 aliphatic rings. The van der Waals surface area contributed by atoms with Crippen LogP contribution in [0.4, 0.5) is 5.82 Å². The van der Waals surface area contributed by atoms with Crippen molar-refractivity contribution in [3.05, 3.63) is 38.9 Å². The number of nitrogens with one attached hydrogen (secondary N) is 1. The van der Waals surface area contributed by atoms with Crippen molar-refractivity contribution in [2.45, 2.75) is 13.8 Å². The fourth-order valence-corrected chi connectivity index (χ4v) is 2.01. The van der Waals surface area contributed by atoms with E-state index in [-0.39, 0.29) is 5.91 Å². The lowest BCUT2D eigenvalue weighted by Crippen LogP contribution is -2.17. The van der Waals surface area contributed by atoms with Crippen molar-refractivity contribution in [1.29, 1.82) is 0 Å². The van der Waals surface area contributed by atoms with Crippen molar-refractivity contribution in [2.24, 2.45) is 5.16 Å². The molecule has 0 aliphatic carbocycles. The summed E-state index contributed by atoms with van der Waals surface area (Å²) in [5.41, 5.74) is 1.11. The van der Waals surface area contributed by atoms with Crippen LogP contribution >= 0.6 is 22.6 Å². The van der Waals surface area contributed by atoms with Crippen molar-refractivity contribution >= 4 is 40.0 Å². The largest absolute Gasteiger partial charge is 0.399 e. The third-order valence-corrected chi connectivity index (χ3v) is 3.27. The SMILES string of the molecule is CO/N=C(\C)c1noc(C)c1C(=O)Nc1ccc(I)cn1. The van der Waals surface area contributed by atoms with Gasteiger partial charge in [-0.2, -0.15) is 0 Å². The lowest BCUT2D eigenvalue weighted by atomic mass is 10.1. The van der Waals surface area contributed by atoms with Crippen LogP contribution in [-0.4, -0.2) is 28.9 Å². The predicted octanol–water partition coefficient (Wildman–Crippen LogP) is 2.61. The third-order valence-electron chi connectivity index (χ3n) is 2.63. The molecule has 2 aromatic heterocycles. The molecule has 21 heavy (non-hydrogen) atoms. The highest BCUT2D eigenvalue weighted by atomic mass is 127. The first-order chi connectivity index (χ1) is 10.0. The van der Waals surface area contributed by atoms with Crippen LogP contribution in [0.15, 0.2) is 28.0 Å². The Labute approximate surface area is 134 Å². The number of pyridine rings is 1. The molecule has 0 saturated carbocycles. The minimum atomic E-state index is -0.358. The second-order valence-electron chi connectivity index (χ2n) is 4.14. The average molecular weight is 400 g/mol. The maximum atomic E-state index is 12.4. The molecule has 0 unspecified atom stereocenters. The van der Waals surface area contributed by atoms with E-state index in [4.69, 9.17) is 9.36 Å². The topological polar surface area (TPSA) is 89.6 Å². The van der Waals surface area contributed by atoms with Crippen LogP contribution in [0.25, 0.3) is 0 Å². The van der Waals surface area contributed by atoms with Gasteiger partial charge in [0.2, 0.25) is 0 Å². The van der Waals surface area contributed by atoms with E-state index < -0.39 is 0 Å². The number of halogens is 1. The van der Waals surface area contributed by atoms with Gasteiger partial charge in [-0.25, -0.2) is 4.98 Å². The molecule has 0 atom stereocenters. The van der Waals surface area contributed by atoms with E-state index in [9.17, 15) is 4.79 Å². The number of nitrogens with zero attached hydrogens (tertiary/aromatic N) is 3. The van der Waals surface area contributed by atoms with Crippen molar-refractivity contribution in [3.8, 4) is 0 Å². The van der Waals surface area contributed by atoms with E-state index in [0.717, 1.165) is 3.57 Å². The van der Waals surface area contributed by atoms with Gasteiger partial charge < -0.3 is 14.7 Å². The Bertz CT molecular complexity index is 679.